The Morgan fingerprint density at radius 1 is 1.24 bits per heavy atom. The molecule has 0 aliphatic heterocycles. The van der Waals surface area contributed by atoms with Gasteiger partial charge in [0.25, 0.3) is 5.91 Å². The summed E-state index contributed by atoms with van der Waals surface area (Å²) in [6.45, 7) is -0.0713. The fraction of sp³-hybridized carbons (Fsp3) is 0.0667. The van der Waals surface area contributed by atoms with Gasteiger partial charge >= 0.3 is 0 Å². The number of ether oxygens (including phenoxy) is 1. The number of anilines is 2. The van der Waals surface area contributed by atoms with Gasteiger partial charge in [0.2, 0.25) is 0 Å². The topological polar surface area (TPSA) is 93.0 Å². The fourth-order valence-corrected chi connectivity index (χ4v) is 1.98. The zero-order valence-corrected chi connectivity index (χ0v) is 11.2. The Hall–Kier alpha value is -3.02. The van der Waals surface area contributed by atoms with Crippen molar-refractivity contribution in [3.8, 4) is 5.75 Å². The number of H-pyrrole nitrogens is 1. The van der Waals surface area contributed by atoms with E-state index in [1.54, 1.807) is 30.5 Å². The first-order chi connectivity index (χ1) is 10.2. The summed E-state index contributed by atoms with van der Waals surface area (Å²) in [7, 11) is 0. The lowest BCUT2D eigenvalue weighted by atomic mass is 10.2. The van der Waals surface area contributed by atoms with Crippen LogP contribution >= 0.6 is 0 Å². The quantitative estimate of drug-likeness (QED) is 0.639. The number of nitrogens with zero attached hydrogens (tertiary/aromatic N) is 1. The molecule has 0 atom stereocenters. The maximum Gasteiger partial charge on any atom is 0.262 e. The number of carbonyl (C=O) groups excluding carboxylic acids is 1. The Morgan fingerprint density at radius 3 is 2.86 bits per heavy atom. The van der Waals surface area contributed by atoms with Gasteiger partial charge in [0.05, 0.1) is 17.4 Å². The predicted molar refractivity (Wildman–Crippen MR) is 81.1 cm³/mol. The van der Waals surface area contributed by atoms with Gasteiger partial charge in [-0.05, 0) is 36.4 Å². The molecule has 21 heavy (non-hydrogen) atoms. The molecule has 0 unspecified atom stereocenters. The molecule has 0 aliphatic carbocycles. The number of aromatic nitrogens is 2. The van der Waals surface area contributed by atoms with Crippen LogP contribution in [0.1, 0.15) is 0 Å². The van der Waals surface area contributed by atoms with Gasteiger partial charge in [-0.1, -0.05) is 6.07 Å². The highest BCUT2D eigenvalue weighted by molar-refractivity contribution is 6.01. The second kappa shape index (κ2) is 5.54. The lowest BCUT2D eigenvalue weighted by Gasteiger charge is -2.08. The molecule has 0 saturated carbocycles. The van der Waals surface area contributed by atoms with E-state index in [1.165, 1.54) is 0 Å². The van der Waals surface area contributed by atoms with Crippen LogP contribution in [-0.2, 0) is 4.79 Å². The fourth-order valence-electron chi connectivity index (χ4n) is 1.98. The highest BCUT2D eigenvalue weighted by Gasteiger charge is 2.07. The summed E-state index contributed by atoms with van der Waals surface area (Å²) < 4.78 is 5.40. The van der Waals surface area contributed by atoms with Gasteiger partial charge in [0.15, 0.2) is 6.61 Å². The van der Waals surface area contributed by atoms with Crippen molar-refractivity contribution in [1.82, 2.24) is 10.2 Å². The van der Waals surface area contributed by atoms with Gasteiger partial charge in [-0.3, -0.25) is 9.89 Å². The molecule has 0 aliphatic rings. The first-order valence-corrected chi connectivity index (χ1v) is 6.43. The zero-order valence-electron chi connectivity index (χ0n) is 11.2. The summed E-state index contributed by atoms with van der Waals surface area (Å²) in [5.41, 5.74) is 7.80. The summed E-state index contributed by atoms with van der Waals surface area (Å²) in [5, 5.41) is 10.5. The third kappa shape index (κ3) is 2.94. The second-order valence-corrected chi connectivity index (χ2v) is 4.54. The minimum atomic E-state index is -0.236. The summed E-state index contributed by atoms with van der Waals surface area (Å²) in [5.74, 6) is 0.362. The van der Waals surface area contributed by atoms with E-state index in [4.69, 9.17) is 10.5 Å². The molecule has 1 aromatic heterocycles. The van der Waals surface area contributed by atoms with Crippen LogP contribution in [0.4, 0.5) is 11.4 Å². The Morgan fingerprint density at radius 2 is 2.05 bits per heavy atom. The summed E-state index contributed by atoms with van der Waals surface area (Å²) in [6.07, 6.45) is 1.67. The van der Waals surface area contributed by atoms with Crippen molar-refractivity contribution < 1.29 is 9.53 Å². The van der Waals surface area contributed by atoms with E-state index in [0.717, 1.165) is 10.9 Å². The van der Waals surface area contributed by atoms with E-state index in [0.29, 0.717) is 17.1 Å². The van der Waals surface area contributed by atoms with Gasteiger partial charge in [0.1, 0.15) is 5.75 Å². The van der Waals surface area contributed by atoms with Crippen LogP contribution in [0.25, 0.3) is 10.9 Å². The third-order valence-electron chi connectivity index (χ3n) is 3.01. The van der Waals surface area contributed by atoms with Crippen molar-refractivity contribution in [3.63, 3.8) is 0 Å². The number of nitrogens with one attached hydrogen (secondary N) is 2. The number of nitrogens with two attached hydrogens (primary N) is 1. The maximum absolute atomic E-state index is 11.9. The van der Waals surface area contributed by atoms with Gasteiger partial charge < -0.3 is 15.8 Å². The van der Waals surface area contributed by atoms with E-state index in [2.05, 4.69) is 15.5 Å². The molecule has 6 nitrogen and oxygen atoms in total. The van der Waals surface area contributed by atoms with Crippen LogP contribution in [0, 0.1) is 0 Å². The van der Waals surface area contributed by atoms with Crippen LogP contribution < -0.4 is 15.8 Å². The van der Waals surface area contributed by atoms with Crippen molar-refractivity contribution >= 4 is 28.2 Å². The van der Waals surface area contributed by atoms with Crippen LogP contribution in [0.3, 0.4) is 0 Å². The first-order valence-electron chi connectivity index (χ1n) is 6.43. The largest absolute Gasteiger partial charge is 0.484 e. The molecule has 0 bridgehead atoms. The van der Waals surface area contributed by atoms with Crippen molar-refractivity contribution in [1.29, 1.82) is 0 Å². The number of benzene rings is 2. The molecule has 0 radical (unpaired) electrons. The number of amides is 1. The highest BCUT2D eigenvalue weighted by atomic mass is 16.5. The van der Waals surface area contributed by atoms with E-state index in [-0.39, 0.29) is 12.5 Å². The Balaban J connectivity index is 1.64. The Labute approximate surface area is 120 Å². The smallest absolute Gasteiger partial charge is 0.262 e. The average molecular weight is 282 g/mol. The number of hydrogen-bond acceptors (Lipinski definition) is 4. The van der Waals surface area contributed by atoms with Crippen LogP contribution in [0.2, 0.25) is 0 Å². The molecule has 6 heteroatoms. The predicted octanol–water partition coefficient (Wildman–Crippen LogP) is 2.16. The standard InChI is InChI=1S/C15H14N4O2/c16-10-4-6-11(7-5-10)21-9-15(20)18-13-2-1-3-14-12(13)8-17-19-14/h1-8H,9,16H2,(H,17,19)(H,18,20). The average Bonchev–Trinajstić information content (AvgIpc) is 2.96. The highest BCUT2D eigenvalue weighted by Crippen LogP contribution is 2.21. The van der Waals surface area contributed by atoms with Crippen molar-refractivity contribution in [2.24, 2.45) is 0 Å². The molecule has 0 spiro atoms. The molecule has 2 aromatic carbocycles. The van der Waals surface area contributed by atoms with Crippen molar-refractivity contribution in [2.45, 2.75) is 0 Å². The van der Waals surface area contributed by atoms with E-state index in [9.17, 15) is 4.79 Å². The monoisotopic (exact) mass is 282 g/mol. The van der Waals surface area contributed by atoms with Crippen LogP contribution in [-0.4, -0.2) is 22.7 Å². The lowest BCUT2D eigenvalue weighted by Crippen LogP contribution is -2.20. The summed E-state index contributed by atoms with van der Waals surface area (Å²) in [4.78, 5) is 11.9. The van der Waals surface area contributed by atoms with Crippen molar-refractivity contribution in [3.05, 3.63) is 48.7 Å². The third-order valence-corrected chi connectivity index (χ3v) is 3.01. The first kappa shape index (κ1) is 13.0. The number of fused-ring (bicyclic) bond motifs is 1. The van der Waals surface area contributed by atoms with Gasteiger partial charge in [-0.25, -0.2) is 0 Å². The SMILES string of the molecule is Nc1ccc(OCC(=O)Nc2cccc3[nH]ncc23)cc1. The molecular weight excluding hydrogens is 268 g/mol. The molecule has 0 fully saturated rings. The Kier molecular flexibility index (Phi) is 3.42. The number of hydrogen-bond donors (Lipinski definition) is 3. The van der Waals surface area contributed by atoms with Crippen molar-refractivity contribution in [2.75, 3.05) is 17.7 Å². The van der Waals surface area contributed by atoms with E-state index >= 15 is 0 Å². The maximum atomic E-state index is 11.9. The minimum Gasteiger partial charge on any atom is -0.484 e. The summed E-state index contributed by atoms with van der Waals surface area (Å²) in [6, 6.07) is 12.4. The Bertz CT molecular complexity index is 765. The van der Waals surface area contributed by atoms with Crippen LogP contribution in [0.5, 0.6) is 5.75 Å². The summed E-state index contributed by atoms with van der Waals surface area (Å²) >= 11 is 0. The minimum absolute atomic E-state index is 0.0713. The molecule has 3 rings (SSSR count). The number of nitrogen functional groups attached to an aromatic ring is 1. The lowest BCUT2D eigenvalue weighted by molar-refractivity contribution is -0.118. The normalized spacial score (nSPS) is 10.5. The zero-order chi connectivity index (χ0) is 14.7. The molecule has 106 valence electrons. The van der Waals surface area contributed by atoms with Crippen LogP contribution in [0.15, 0.2) is 48.7 Å². The van der Waals surface area contributed by atoms with E-state index in [1.807, 2.05) is 18.2 Å². The second-order valence-electron chi connectivity index (χ2n) is 4.54. The molecule has 3 aromatic rings. The van der Waals surface area contributed by atoms with Gasteiger partial charge in [-0.2, -0.15) is 5.10 Å². The molecule has 1 amide bonds. The van der Waals surface area contributed by atoms with E-state index < -0.39 is 0 Å². The molecule has 0 saturated heterocycles. The number of carbonyl (C=O) groups is 1. The number of aromatic amines is 1. The van der Waals surface area contributed by atoms with Gasteiger partial charge in [-0.15, -0.1) is 0 Å². The molecule has 4 N–H and O–H groups in total. The molecular formula is C15H14N4O2. The molecule has 1 heterocycles. The van der Waals surface area contributed by atoms with Gasteiger partial charge in [0, 0.05) is 11.1 Å². The number of rotatable bonds is 4.